The molecule has 15 heavy (non-hydrogen) atoms. The lowest BCUT2D eigenvalue weighted by atomic mass is 10.1. The van der Waals surface area contributed by atoms with Gasteiger partial charge in [-0.3, -0.25) is 4.79 Å². The van der Waals surface area contributed by atoms with Crippen molar-refractivity contribution in [2.24, 2.45) is 0 Å². The molecule has 0 aliphatic heterocycles. The lowest BCUT2D eigenvalue weighted by molar-refractivity contribution is -0.137. The quantitative estimate of drug-likeness (QED) is 0.687. The van der Waals surface area contributed by atoms with Crippen molar-refractivity contribution in [3.05, 3.63) is 29.8 Å². The summed E-state index contributed by atoms with van der Waals surface area (Å²) in [6.07, 6.45) is -4.53. The van der Waals surface area contributed by atoms with Gasteiger partial charge >= 0.3 is 6.18 Å². The minimum atomic E-state index is -4.53. The summed E-state index contributed by atoms with van der Waals surface area (Å²) in [4.78, 5) is 10.8. The van der Waals surface area contributed by atoms with Gasteiger partial charge in [-0.1, -0.05) is 12.1 Å². The molecule has 1 amide bonds. The van der Waals surface area contributed by atoms with E-state index >= 15 is 0 Å². The fraction of sp³-hybridized carbons (Fsp3) is 0.222. The molecule has 0 saturated carbocycles. The molecule has 0 fully saturated rings. The summed E-state index contributed by atoms with van der Waals surface area (Å²) in [5, 5.41) is 0. The second-order valence-corrected chi connectivity index (χ2v) is 3.15. The highest BCUT2D eigenvalue weighted by atomic mass is 35.5. The zero-order chi connectivity index (χ0) is 11.6. The van der Waals surface area contributed by atoms with Crippen LogP contribution < -0.4 is 4.42 Å². The molecule has 0 spiro atoms. The molecule has 82 valence electrons. The Morgan fingerprint density at radius 3 is 2.33 bits per heavy atom. The highest BCUT2D eigenvalue weighted by Crippen LogP contribution is 2.36. The molecular formula is C9H7ClF3NO. The zero-order valence-electron chi connectivity index (χ0n) is 7.68. The summed E-state index contributed by atoms with van der Waals surface area (Å²) in [6, 6.07) is 4.62. The third kappa shape index (κ3) is 2.62. The lowest BCUT2D eigenvalue weighted by Gasteiger charge is -2.17. The van der Waals surface area contributed by atoms with Crippen molar-refractivity contribution in [1.82, 2.24) is 0 Å². The van der Waals surface area contributed by atoms with Gasteiger partial charge in [-0.25, -0.2) is 4.42 Å². The summed E-state index contributed by atoms with van der Waals surface area (Å²) in [5.74, 6) is -0.673. The average Bonchev–Trinajstić information content (AvgIpc) is 2.15. The molecule has 0 aliphatic rings. The zero-order valence-corrected chi connectivity index (χ0v) is 8.43. The number of hydrogen-bond acceptors (Lipinski definition) is 1. The van der Waals surface area contributed by atoms with Gasteiger partial charge in [0.05, 0.1) is 11.3 Å². The van der Waals surface area contributed by atoms with Crippen LogP contribution in [-0.2, 0) is 11.0 Å². The van der Waals surface area contributed by atoms with E-state index in [1.54, 1.807) is 0 Å². The predicted molar refractivity (Wildman–Crippen MR) is 50.5 cm³/mol. The Labute approximate surface area is 89.4 Å². The smallest absolute Gasteiger partial charge is 0.274 e. The molecule has 0 saturated heterocycles. The van der Waals surface area contributed by atoms with E-state index < -0.39 is 17.6 Å². The second-order valence-electron chi connectivity index (χ2n) is 2.81. The molecule has 2 nitrogen and oxygen atoms in total. The van der Waals surface area contributed by atoms with Crippen LogP contribution in [0, 0.1) is 0 Å². The SMILES string of the molecule is CC(=O)N(Cl)c1ccccc1C(F)(F)F. The number of rotatable bonds is 1. The van der Waals surface area contributed by atoms with E-state index in [2.05, 4.69) is 0 Å². The Morgan fingerprint density at radius 2 is 1.87 bits per heavy atom. The van der Waals surface area contributed by atoms with Crippen LogP contribution >= 0.6 is 11.8 Å². The van der Waals surface area contributed by atoms with Crippen LogP contribution in [0.5, 0.6) is 0 Å². The predicted octanol–water partition coefficient (Wildman–Crippen LogP) is 3.21. The molecular weight excluding hydrogens is 231 g/mol. The van der Waals surface area contributed by atoms with E-state index in [1.807, 2.05) is 0 Å². The Balaban J connectivity index is 3.24. The summed E-state index contributed by atoms with van der Waals surface area (Å²) < 4.78 is 37.9. The molecule has 0 atom stereocenters. The van der Waals surface area contributed by atoms with E-state index in [4.69, 9.17) is 11.8 Å². The minimum absolute atomic E-state index is 0.362. The van der Waals surface area contributed by atoms with E-state index in [0.717, 1.165) is 19.1 Å². The van der Waals surface area contributed by atoms with Crippen LogP contribution in [0.3, 0.4) is 0 Å². The molecule has 0 radical (unpaired) electrons. The lowest BCUT2D eigenvalue weighted by Crippen LogP contribution is -2.20. The van der Waals surface area contributed by atoms with Crippen LogP contribution in [0.25, 0.3) is 0 Å². The first kappa shape index (κ1) is 11.8. The van der Waals surface area contributed by atoms with Crippen molar-refractivity contribution in [2.75, 3.05) is 4.42 Å². The van der Waals surface area contributed by atoms with Gasteiger partial charge in [-0.05, 0) is 12.1 Å². The van der Waals surface area contributed by atoms with E-state index in [-0.39, 0.29) is 5.69 Å². The molecule has 0 aromatic heterocycles. The van der Waals surface area contributed by atoms with Gasteiger partial charge in [-0.2, -0.15) is 13.2 Å². The van der Waals surface area contributed by atoms with Gasteiger partial charge in [0, 0.05) is 18.7 Å². The number of halogens is 4. The van der Waals surface area contributed by atoms with Gasteiger partial charge in [0.2, 0.25) is 5.91 Å². The molecule has 1 rings (SSSR count). The second kappa shape index (κ2) is 4.10. The number of para-hydroxylation sites is 1. The van der Waals surface area contributed by atoms with Crippen molar-refractivity contribution in [3.8, 4) is 0 Å². The number of carbonyl (C=O) groups excluding carboxylic acids is 1. The molecule has 1 aromatic rings. The van der Waals surface area contributed by atoms with Gasteiger partial charge in [0.1, 0.15) is 0 Å². The van der Waals surface area contributed by atoms with Crippen molar-refractivity contribution in [1.29, 1.82) is 0 Å². The van der Waals surface area contributed by atoms with E-state index in [9.17, 15) is 18.0 Å². The van der Waals surface area contributed by atoms with Gasteiger partial charge in [0.25, 0.3) is 0 Å². The minimum Gasteiger partial charge on any atom is -0.274 e. The van der Waals surface area contributed by atoms with Crippen LogP contribution in [0.4, 0.5) is 18.9 Å². The average molecular weight is 238 g/mol. The van der Waals surface area contributed by atoms with Gasteiger partial charge in [0.15, 0.2) is 0 Å². The molecule has 6 heteroatoms. The monoisotopic (exact) mass is 237 g/mol. The highest BCUT2D eigenvalue weighted by Gasteiger charge is 2.35. The Morgan fingerprint density at radius 1 is 1.33 bits per heavy atom. The summed E-state index contributed by atoms with van der Waals surface area (Å²) >= 11 is 5.44. The molecule has 0 unspecified atom stereocenters. The van der Waals surface area contributed by atoms with Crippen molar-refractivity contribution in [2.45, 2.75) is 13.1 Å². The van der Waals surface area contributed by atoms with E-state index in [1.165, 1.54) is 12.1 Å². The van der Waals surface area contributed by atoms with Crippen LogP contribution in [0.2, 0.25) is 0 Å². The Hall–Kier alpha value is -1.23. The number of amides is 1. The van der Waals surface area contributed by atoms with Crippen molar-refractivity contribution in [3.63, 3.8) is 0 Å². The van der Waals surface area contributed by atoms with Crippen LogP contribution in [-0.4, -0.2) is 5.91 Å². The maximum atomic E-state index is 12.5. The Bertz CT molecular complexity index is 378. The summed E-state index contributed by atoms with van der Waals surface area (Å²) in [6.45, 7) is 1.08. The number of nitrogens with zero attached hydrogens (tertiary/aromatic N) is 1. The number of benzene rings is 1. The molecule has 0 bridgehead atoms. The number of anilines is 1. The molecule has 1 aromatic carbocycles. The molecule has 0 aliphatic carbocycles. The maximum absolute atomic E-state index is 12.5. The summed E-state index contributed by atoms with van der Waals surface area (Å²) in [7, 11) is 0. The van der Waals surface area contributed by atoms with Crippen LogP contribution in [0.15, 0.2) is 24.3 Å². The topological polar surface area (TPSA) is 20.3 Å². The van der Waals surface area contributed by atoms with Crippen LogP contribution in [0.1, 0.15) is 12.5 Å². The van der Waals surface area contributed by atoms with Gasteiger partial charge in [-0.15, -0.1) is 0 Å². The first-order chi connectivity index (χ1) is 6.84. The number of carbonyl (C=O) groups is 1. The van der Waals surface area contributed by atoms with Crippen molar-refractivity contribution < 1.29 is 18.0 Å². The standard InChI is InChI=1S/C9H7ClF3NO/c1-6(15)14(10)8-5-3-2-4-7(8)9(11,12)13/h2-5H,1H3. The first-order valence-electron chi connectivity index (χ1n) is 3.96. The number of hydrogen-bond donors (Lipinski definition) is 0. The normalized spacial score (nSPS) is 11.3. The van der Waals surface area contributed by atoms with E-state index in [0.29, 0.717) is 4.42 Å². The molecule has 0 N–H and O–H groups in total. The third-order valence-electron chi connectivity index (χ3n) is 1.70. The fourth-order valence-electron chi connectivity index (χ4n) is 1.05. The third-order valence-corrected chi connectivity index (χ3v) is 2.12. The fourth-order valence-corrected chi connectivity index (χ4v) is 1.20. The van der Waals surface area contributed by atoms with Gasteiger partial charge < -0.3 is 0 Å². The highest BCUT2D eigenvalue weighted by molar-refractivity contribution is 6.36. The largest absolute Gasteiger partial charge is 0.418 e. The maximum Gasteiger partial charge on any atom is 0.418 e. The number of alkyl halides is 3. The van der Waals surface area contributed by atoms with Crippen molar-refractivity contribution >= 4 is 23.4 Å². The first-order valence-corrected chi connectivity index (χ1v) is 4.30. The summed E-state index contributed by atoms with van der Waals surface area (Å²) in [5.41, 5.74) is -1.30. The molecule has 0 heterocycles. The Kier molecular flexibility index (Phi) is 3.24.